The van der Waals surface area contributed by atoms with E-state index in [0.717, 1.165) is 17.1 Å². The van der Waals surface area contributed by atoms with Gasteiger partial charge in [-0.2, -0.15) is 5.10 Å². The summed E-state index contributed by atoms with van der Waals surface area (Å²) in [5.41, 5.74) is 2.56. The van der Waals surface area contributed by atoms with Gasteiger partial charge < -0.3 is 10.1 Å². The van der Waals surface area contributed by atoms with E-state index in [9.17, 15) is 4.79 Å². The topological polar surface area (TPSA) is 86.3 Å². The van der Waals surface area contributed by atoms with Gasteiger partial charge >= 0.3 is 0 Å². The lowest BCUT2D eigenvalue weighted by Crippen LogP contribution is -2.36. The molecule has 0 saturated carbocycles. The number of benzene rings is 1. The average molecular weight is 404 g/mol. The smallest absolute Gasteiger partial charge is 0.272 e. The molecule has 1 atom stereocenters. The van der Waals surface area contributed by atoms with Gasteiger partial charge in [0.05, 0.1) is 30.7 Å². The summed E-state index contributed by atoms with van der Waals surface area (Å²) >= 11 is 0. The molecule has 1 unspecified atom stereocenters. The first-order chi connectivity index (χ1) is 14.5. The maximum atomic E-state index is 12.9. The number of ether oxygens (including phenoxy) is 1. The van der Waals surface area contributed by atoms with Crippen LogP contribution in [0.4, 0.5) is 0 Å². The first-order valence-electron chi connectivity index (χ1n) is 9.81. The fraction of sp³-hybridized carbons (Fsp3) is 0.273. The summed E-state index contributed by atoms with van der Waals surface area (Å²) in [6.07, 6.45) is 6.82. The fourth-order valence-corrected chi connectivity index (χ4v) is 3.15. The standard InChI is InChI=1S/C22H24N6O2/c1-14(2)15(3)25-22(29)20-19-13-23-10-11-27(19)21(26-20)18-8-9-24-28(18)16-6-5-7-17(12-16)30-4/h5-15H,1-4H3,(H,25,29). The number of imidazole rings is 1. The van der Waals surface area contributed by atoms with Crippen molar-refractivity contribution in [3.63, 3.8) is 0 Å². The number of fused-ring (bicyclic) bond motifs is 1. The molecular weight excluding hydrogens is 380 g/mol. The van der Waals surface area contributed by atoms with Crippen molar-refractivity contribution < 1.29 is 9.53 Å². The van der Waals surface area contributed by atoms with E-state index in [-0.39, 0.29) is 11.9 Å². The quantitative estimate of drug-likeness (QED) is 0.532. The summed E-state index contributed by atoms with van der Waals surface area (Å²) in [6.45, 7) is 6.11. The van der Waals surface area contributed by atoms with Crippen LogP contribution in [0.25, 0.3) is 22.7 Å². The van der Waals surface area contributed by atoms with Crippen LogP contribution in [0.15, 0.2) is 55.1 Å². The van der Waals surface area contributed by atoms with E-state index in [1.165, 1.54) is 0 Å². The number of amides is 1. The van der Waals surface area contributed by atoms with Gasteiger partial charge in [0.2, 0.25) is 0 Å². The van der Waals surface area contributed by atoms with Crippen LogP contribution in [-0.4, -0.2) is 43.2 Å². The zero-order valence-corrected chi connectivity index (χ0v) is 17.4. The van der Waals surface area contributed by atoms with Gasteiger partial charge in [-0.3, -0.25) is 14.2 Å². The Labute approximate surface area is 174 Å². The third kappa shape index (κ3) is 3.52. The number of nitrogens with zero attached hydrogens (tertiary/aromatic N) is 5. The largest absolute Gasteiger partial charge is 0.497 e. The molecule has 0 bridgehead atoms. The summed E-state index contributed by atoms with van der Waals surface area (Å²) in [5, 5.41) is 7.49. The molecule has 0 fully saturated rings. The highest BCUT2D eigenvalue weighted by molar-refractivity contribution is 6.00. The Balaban J connectivity index is 1.82. The number of hydrogen-bond acceptors (Lipinski definition) is 5. The van der Waals surface area contributed by atoms with Gasteiger partial charge in [0.15, 0.2) is 11.5 Å². The van der Waals surface area contributed by atoms with E-state index in [4.69, 9.17) is 9.72 Å². The number of carbonyl (C=O) groups excluding carboxylic acids is 1. The van der Waals surface area contributed by atoms with Crippen LogP contribution >= 0.6 is 0 Å². The van der Waals surface area contributed by atoms with Gasteiger partial charge in [0.1, 0.15) is 11.4 Å². The highest BCUT2D eigenvalue weighted by atomic mass is 16.5. The summed E-state index contributed by atoms with van der Waals surface area (Å²) in [6, 6.07) is 9.51. The highest BCUT2D eigenvalue weighted by Crippen LogP contribution is 2.26. The molecule has 0 radical (unpaired) electrons. The Morgan fingerprint density at radius 3 is 2.77 bits per heavy atom. The van der Waals surface area contributed by atoms with Crippen LogP contribution in [0.5, 0.6) is 5.75 Å². The molecule has 0 aliphatic heterocycles. The molecule has 1 aromatic carbocycles. The van der Waals surface area contributed by atoms with Crippen LogP contribution in [0, 0.1) is 5.92 Å². The second-order valence-electron chi connectivity index (χ2n) is 7.45. The van der Waals surface area contributed by atoms with E-state index in [2.05, 4.69) is 29.2 Å². The number of nitrogens with one attached hydrogen (secondary N) is 1. The lowest BCUT2D eigenvalue weighted by Gasteiger charge is -2.16. The normalized spacial score (nSPS) is 12.3. The Morgan fingerprint density at radius 2 is 2.00 bits per heavy atom. The zero-order valence-electron chi connectivity index (χ0n) is 17.4. The Bertz CT molecular complexity index is 1190. The molecule has 1 N–H and O–H groups in total. The molecule has 0 saturated heterocycles. The van der Waals surface area contributed by atoms with Crippen LogP contribution in [0.2, 0.25) is 0 Å². The van der Waals surface area contributed by atoms with Crippen molar-refractivity contribution in [3.8, 4) is 23.0 Å². The molecule has 8 nitrogen and oxygen atoms in total. The summed E-state index contributed by atoms with van der Waals surface area (Å²) in [5.74, 6) is 1.43. The Hall–Kier alpha value is -3.68. The lowest BCUT2D eigenvalue weighted by atomic mass is 10.1. The van der Waals surface area contributed by atoms with Crippen molar-refractivity contribution in [1.29, 1.82) is 0 Å². The average Bonchev–Trinajstić information content (AvgIpc) is 3.38. The monoisotopic (exact) mass is 404 g/mol. The highest BCUT2D eigenvalue weighted by Gasteiger charge is 2.22. The molecule has 4 aromatic rings. The molecule has 0 spiro atoms. The van der Waals surface area contributed by atoms with Crippen LogP contribution in [0.1, 0.15) is 31.3 Å². The molecule has 154 valence electrons. The second-order valence-corrected chi connectivity index (χ2v) is 7.45. The van der Waals surface area contributed by atoms with Crippen molar-refractivity contribution >= 4 is 11.4 Å². The maximum absolute atomic E-state index is 12.9. The van der Waals surface area contributed by atoms with Gasteiger partial charge in [0, 0.05) is 24.5 Å². The predicted molar refractivity (Wildman–Crippen MR) is 114 cm³/mol. The van der Waals surface area contributed by atoms with Crippen molar-refractivity contribution in [2.45, 2.75) is 26.8 Å². The number of methoxy groups -OCH3 is 1. The van der Waals surface area contributed by atoms with Crippen LogP contribution in [0.3, 0.4) is 0 Å². The van der Waals surface area contributed by atoms with Crippen LogP contribution in [-0.2, 0) is 0 Å². The number of rotatable bonds is 6. The summed E-state index contributed by atoms with van der Waals surface area (Å²) in [4.78, 5) is 21.8. The molecule has 0 aliphatic carbocycles. The molecular formula is C22H24N6O2. The van der Waals surface area contributed by atoms with Crippen LogP contribution < -0.4 is 10.1 Å². The molecule has 8 heteroatoms. The second kappa shape index (κ2) is 7.98. The SMILES string of the molecule is COc1cccc(-n2nccc2-c2nc(C(=O)NC(C)C(C)C)c3cnccn23)c1. The summed E-state index contributed by atoms with van der Waals surface area (Å²) in [7, 11) is 1.63. The number of hydrogen-bond donors (Lipinski definition) is 1. The fourth-order valence-electron chi connectivity index (χ4n) is 3.15. The van der Waals surface area contributed by atoms with Gasteiger partial charge in [-0.25, -0.2) is 9.67 Å². The van der Waals surface area contributed by atoms with Crippen molar-refractivity contribution in [2.75, 3.05) is 7.11 Å². The zero-order chi connectivity index (χ0) is 21.3. The molecule has 1 amide bonds. The number of carbonyl (C=O) groups is 1. The van der Waals surface area contributed by atoms with E-state index in [0.29, 0.717) is 23.0 Å². The minimum Gasteiger partial charge on any atom is -0.497 e. The van der Waals surface area contributed by atoms with Crippen molar-refractivity contribution in [2.24, 2.45) is 5.92 Å². The third-order valence-electron chi connectivity index (χ3n) is 5.19. The predicted octanol–water partition coefficient (Wildman–Crippen LogP) is 3.36. The molecule has 3 aromatic heterocycles. The molecule has 3 heterocycles. The first-order valence-corrected chi connectivity index (χ1v) is 9.81. The Morgan fingerprint density at radius 1 is 1.17 bits per heavy atom. The maximum Gasteiger partial charge on any atom is 0.272 e. The van der Waals surface area contributed by atoms with E-state index >= 15 is 0 Å². The molecule has 30 heavy (non-hydrogen) atoms. The third-order valence-corrected chi connectivity index (χ3v) is 5.19. The minimum absolute atomic E-state index is 0.0247. The van der Waals surface area contributed by atoms with Crippen molar-refractivity contribution in [1.82, 2.24) is 29.5 Å². The minimum atomic E-state index is -0.222. The van der Waals surface area contributed by atoms with Gasteiger partial charge in [-0.05, 0) is 31.0 Å². The number of aromatic nitrogens is 5. The van der Waals surface area contributed by atoms with Crippen molar-refractivity contribution in [3.05, 3.63) is 60.8 Å². The van der Waals surface area contributed by atoms with Gasteiger partial charge in [0.25, 0.3) is 5.91 Å². The molecule has 0 aliphatic rings. The summed E-state index contributed by atoms with van der Waals surface area (Å²) < 4.78 is 8.97. The van der Waals surface area contributed by atoms with Gasteiger partial charge in [-0.1, -0.05) is 19.9 Å². The molecule has 4 rings (SSSR count). The van der Waals surface area contributed by atoms with E-state index in [1.54, 1.807) is 36.6 Å². The van der Waals surface area contributed by atoms with Gasteiger partial charge in [-0.15, -0.1) is 0 Å². The van der Waals surface area contributed by atoms with E-state index < -0.39 is 0 Å². The lowest BCUT2D eigenvalue weighted by molar-refractivity contribution is 0.0927. The first kappa shape index (κ1) is 19.6. The van der Waals surface area contributed by atoms with E-state index in [1.807, 2.05) is 41.7 Å². The Kier molecular flexibility index (Phi) is 5.22.